The Morgan fingerprint density at radius 2 is 2.06 bits per heavy atom. The summed E-state index contributed by atoms with van der Waals surface area (Å²) in [7, 11) is 0. The molecule has 184 valence electrons. The van der Waals surface area contributed by atoms with Gasteiger partial charge in [-0.1, -0.05) is 25.1 Å². The quantitative estimate of drug-likeness (QED) is 0.362. The van der Waals surface area contributed by atoms with E-state index in [4.69, 9.17) is 9.97 Å². The zero-order valence-electron chi connectivity index (χ0n) is 20.3. The number of hydrogen-bond donors (Lipinski definition) is 3. The van der Waals surface area contributed by atoms with Crippen LogP contribution in [0.25, 0.3) is 16.9 Å². The first-order chi connectivity index (χ1) is 17.5. The van der Waals surface area contributed by atoms with E-state index in [-0.39, 0.29) is 12.1 Å². The summed E-state index contributed by atoms with van der Waals surface area (Å²) < 4.78 is 3.26. The first kappa shape index (κ1) is 22.6. The Hall–Kier alpha value is -3.82. The molecule has 0 unspecified atom stereocenters. The maximum Gasteiger partial charge on any atom is 0.278 e. The lowest BCUT2D eigenvalue weighted by molar-refractivity contribution is 0.0306. The molecule has 3 aromatic heterocycles. The van der Waals surface area contributed by atoms with Gasteiger partial charge in [-0.3, -0.25) is 4.79 Å². The molecule has 0 saturated carbocycles. The van der Waals surface area contributed by atoms with Crippen molar-refractivity contribution >= 4 is 22.7 Å². The van der Waals surface area contributed by atoms with Crippen LogP contribution in [-0.2, 0) is 31.5 Å². The van der Waals surface area contributed by atoms with Crippen LogP contribution in [0.4, 0.5) is 11.6 Å². The summed E-state index contributed by atoms with van der Waals surface area (Å²) in [4.78, 5) is 27.3. The van der Waals surface area contributed by atoms with Crippen LogP contribution in [0, 0.1) is 0 Å². The number of anilines is 2. The number of hydrogen-bond acceptors (Lipinski definition) is 7. The van der Waals surface area contributed by atoms with Gasteiger partial charge in [0, 0.05) is 18.4 Å². The van der Waals surface area contributed by atoms with Gasteiger partial charge < -0.3 is 15.7 Å². The molecule has 4 aromatic rings. The second-order valence-corrected chi connectivity index (χ2v) is 9.52. The highest BCUT2D eigenvalue weighted by molar-refractivity contribution is 5.77. The third kappa shape index (κ3) is 3.63. The molecule has 0 saturated heterocycles. The van der Waals surface area contributed by atoms with Gasteiger partial charge >= 0.3 is 0 Å². The van der Waals surface area contributed by atoms with Crippen molar-refractivity contribution in [2.24, 2.45) is 0 Å². The molecule has 9 heteroatoms. The van der Waals surface area contributed by atoms with Gasteiger partial charge in [0.1, 0.15) is 11.0 Å². The SMILES string of the molecule is C=CCn1c(=O)c2cnc(Nc3ccc4c(c3)CNCC4)nc2n1-c1ccc2c(n1)[C@@](O)(CC)CC2. The third-order valence-electron chi connectivity index (χ3n) is 7.34. The fourth-order valence-electron chi connectivity index (χ4n) is 5.30. The molecule has 0 radical (unpaired) electrons. The fourth-order valence-corrected chi connectivity index (χ4v) is 5.30. The van der Waals surface area contributed by atoms with E-state index in [0.29, 0.717) is 41.3 Å². The van der Waals surface area contributed by atoms with E-state index in [1.807, 2.05) is 25.1 Å². The standard InChI is InChI=1S/C27H29N7O2/c1-3-13-33-25(35)21-16-29-26(30-20-7-5-17-10-12-28-15-19(17)14-20)32-24(21)34(33)22-8-6-18-9-11-27(36,4-2)23(18)31-22/h3,5-8,14,16,28,36H,1,4,9-13,15H2,2H3,(H,29,30,32)/t27-/m1/s1. The summed E-state index contributed by atoms with van der Waals surface area (Å²) in [5, 5.41) is 18.2. The van der Waals surface area contributed by atoms with Crippen LogP contribution in [0.3, 0.4) is 0 Å². The van der Waals surface area contributed by atoms with Crippen molar-refractivity contribution in [3.05, 3.63) is 81.9 Å². The highest BCUT2D eigenvalue weighted by Crippen LogP contribution is 2.38. The molecule has 0 amide bonds. The minimum atomic E-state index is -0.957. The van der Waals surface area contributed by atoms with Crippen LogP contribution >= 0.6 is 0 Å². The number of rotatable bonds is 6. The monoisotopic (exact) mass is 483 g/mol. The minimum absolute atomic E-state index is 0.218. The Morgan fingerprint density at radius 1 is 1.19 bits per heavy atom. The van der Waals surface area contributed by atoms with Crippen LogP contribution in [0.15, 0.2) is 54.0 Å². The number of pyridine rings is 1. The molecule has 1 aromatic carbocycles. The van der Waals surface area contributed by atoms with E-state index in [1.54, 1.807) is 21.6 Å². The molecule has 0 spiro atoms. The highest BCUT2D eigenvalue weighted by Gasteiger charge is 2.37. The lowest BCUT2D eigenvalue weighted by atomic mass is 9.98. The number of benzene rings is 1. The fraction of sp³-hybridized carbons (Fsp3) is 0.333. The van der Waals surface area contributed by atoms with Crippen LogP contribution in [-0.4, -0.2) is 36.0 Å². The molecule has 1 aliphatic heterocycles. The van der Waals surface area contributed by atoms with Gasteiger partial charge in [-0.25, -0.2) is 19.3 Å². The van der Waals surface area contributed by atoms with Gasteiger partial charge in [0.2, 0.25) is 5.95 Å². The summed E-state index contributed by atoms with van der Waals surface area (Å²) in [5.41, 5.74) is 4.48. The summed E-state index contributed by atoms with van der Waals surface area (Å²) in [6.07, 6.45) is 6.25. The van der Waals surface area contributed by atoms with E-state index in [1.165, 1.54) is 11.1 Å². The Balaban J connectivity index is 1.46. The number of aryl methyl sites for hydroxylation is 1. The molecule has 36 heavy (non-hydrogen) atoms. The molecule has 6 rings (SSSR count). The first-order valence-corrected chi connectivity index (χ1v) is 12.4. The smallest absolute Gasteiger partial charge is 0.278 e. The van der Waals surface area contributed by atoms with Crippen molar-refractivity contribution in [1.29, 1.82) is 0 Å². The first-order valence-electron chi connectivity index (χ1n) is 12.4. The maximum atomic E-state index is 13.3. The van der Waals surface area contributed by atoms with E-state index in [2.05, 4.69) is 34.3 Å². The zero-order chi connectivity index (χ0) is 24.9. The number of allylic oxidation sites excluding steroid dienone is 1. The Labute approximate surface area is 208 Å². The predicted molar refractivity (Wildman–Crippen MR) is 139 cm³/mol. The van der Waals surface area contributed by atoms with Gasteiger partial charge in [-0.15, -0.1) is 6.58 Å². The van der Waals surface area contributed by atoms with Crippen molar-refractivity contribution in [2.45, 2.75) is 51.3 Å². The zero-order valence-corrected chi connectivity index (χ0v) is 20.3. The van der Waals surface area contributed by atoms with Crippen molar-refractivity contribution in [2.75, 3.05) is 11.9 Å². The molecule has 0 bridgehead atoms. The Morgan fingerprint density at radius 3 is 2.89 bits per heavy atom. The highest BCUT2D eigenvalue weighted by atomic mass is 16.3. The minimum Gasteiger partial charge on any atom is -0.384 e. The van der Waals surface area contributed by atoms with Gasteiger partial charge in [-0.2, -0.15) is 4.98 Å². The van der Waals surface area contributed by atoms with Gasteiger partial charge in [-0.05, 0) is 67.1 Å². The Kier molecular flexibility index (Phi) is 5.46. The maximum absolute atomic E-state index is 13.3. The molecule has 1 aliphatic carbocycles. The van der Waals surface area contributed by atoms with Crippen molar-refractivity contribution in [1.82, 2.24) is 29.6 Å². The lowest BCUT2D eigenvalue weighted by Crippen LogP contribution is -2.25. The molecule has 9 nitrogen and oxygen atoms in total. The Bertz CT molecular complexity index is 1550. The van der Waals surface area contributed by atoms with E-state index < -0.39 is 5.60 Å². The average Bonchev–Trinajstić information content (AvgIpc) is 3.38. The third-order valence-corrected chi connectivity index (χ3v) is 7.34. The summed E-state index contributed by atoms with van der Waals surface area (Å²) in [6.45, 7) is 7.89. The van der Waals surface area contributed by atoms with Crippen LogP contribution < -0.4 is 16.2 Å². The molecule has 2 aliphatic rings. The average molecular weight is 484 g/mol. The predicted octanol–water partition coefficient (Wildman–Crippen LogP) is 3.10. The van der Waals surface area contributed by atoms with Gasteiger partial charge in [0.05, 0.1) is 12.2 Å². The van der Waals surface area contributed by atoms with Gasteiger partial charge in [0.15, 0.2) is 11.5 Å². The molecule has 3 N–H and O–H groups in total. The number of nitrogens with one attached hydrogen (secondary N) is 2. The topological polar surface area (TPSA) is 110 Å². The van der Waals surface area contributed by atoms with E-state index >= 15 is 0 Å². The summed E-state index contributed by atoms with van der Waals surface area (Å²) in [6, 6.07) is 10.1. The number of fused-ring (bicyclic) bond motifs is 3. The number of nitrogens with zero attached hydrogens (tertiary/aromatic N) is 5. The van der Waals surface area contributed by atoms with E-state index in [0.717, 1.165) is 37.2 Å². The molecule has 1 atom stereocenters. The van der Waals surface area contributed by atoms with Crippen molar-refractivity contribution < 1.29 is 5.11 Å². The normalized spacial score (nSPS) is 18.7. The summed E-state index contributed by atoms with van der Waals surface area (Å²) >= 11 is 0. The molecular weight excluding hydrogens is 454 g/mol. The lowest BCUT2D eigenvalue weighted by Gasteiger charge is -2.21. The van der Waals surface area contributed by atoms with Crippen molar-refractivity contribution in [3.63, 3.8) is 0 Å². The van der Waals surface area contributed by atoms with Crippen LogP contribution in [0.2, 0.25) is 0 Å². The van der Waals surface area contributed by atoms with Crippen LogP contribution in [0.5, 0.6) is 0 Å². The van der Waals surface area contributed by atoms with Crippen LogP contribution in [0.1, 0.15) is 42.1 Å². The largest absolute Gasteiger partial charge is 0.384 e. The van der Waals surface area contributed by atoms with Crippen molar-refractivity contribution in [3.8, 4) is 5.82 Å². The number of aliphatic hydroxyl groups is 1. The van der Waals surface area contributed by atoms with Gasteiger partial charge in [0.25, 0.3) is 5.56 Å². The second kappa shape index (κ2) is 8.69. The second-order valence-electron chi connectivity index (χ2n) is 9.52. The number of aromatic nitrogens is 5. The molecule has 4 heterocycles. The van der Waals surface area contributed by atoms with E-state index in [9.17, 15) is 9.90 Å². The summed E-state index contributed by atoms with van der Waals surface area (Å²) in [5.74, 6) is 0.919. The molecular formula is C27H29N7O2. The molecule has 0 fully saturated rings.